The fourth-order valence-electron chi connectivity index (χ4n) is 3.16. The van der Waals surface area contributed by atoms with Gasteiger partial charge in [-0.25, -0.2) is 9.98 Å². The maximum atomic E-state index is 13.8. The Bertz CT molecular complexity index is 1250. The SMILES string of the molecule is CCN(C)C=Nc1ccc2c(c1)nc(C(F)(F)F)n2CC(COc1cccc(C(F)(F)F)c1)=NOC. The third kappa shape index (κ3) is 6.67. The molecule has 0 fully saturated rings. The average molecular weight is 515 g/mol. The molecule has 0 unspecified atom stereocenters. The maximum Gasteiger partial charge on any atom is 0.449 e. The van der Waals surface area contributed by atoms with E-state index in [0.29, 0.717) is 12.2 Å². The summed E-state index contributed by atoms with van der Waals surface area (Å²) in [5, 5.41) is 3.72. The average Bonchev–Trinajstić information content (AvgIpc) is 3.19. The van der Waals surface area contributed by atoms with Crippen LogP contribution in [0.2, 0.25) is 0 Å². The molecule has 0 saturated carbocycles. The van der Waals surface area contributed by atoms with Gasteiger partial charge in [-0.1, -0.05) is 11.2 Å². The van der Waals surface area contributed by atoms with E-state index in [0.717, 1.165) is 22.8 Å². The van der Waals surface area contributed by atoms with E-state index in [4.69, 9.17) is 9.57 Å². The number of benzene rings is 2. The zero-order valence-electron chi connectivity index (χ0n) is 19.6. The minimum atomic E-state index is -4.79. The molecule has 7 nitrogen and oxygen atoms in total. The summed E-state index contributed by atoms with van der Waals surface area (Å²) in [7, 11) is 3.00. The normalized spacial score (nSPS) is 13.0. The summed E-state index contributed by atoms with van der Waals surface area (Å²) in [6.07, 6.45) is -7.81. The van der Waals surface area contributed by atoms with Crippen molar-refractivity contribution in [2.24, 2.45) is 10.1 Å². The van der Waals surface area contributed by atoms with Gasteiger partial charge in [0.05, 0.1) is 35.2 Å². The first-order valence-corrected chi connectivity index (χ1v) is 10.6. The summed E-state index contributed by atoms with van der Waals surface area (Å²) < 4.78 is 86.5. The Morgan fingerprint density at radius 1 is 1.08 bits per heavy atom. The molecule has 2 aromatic carbocycles. The molecule has 0 radical (unpaired) electrons. The van der Waals surface area contributed by atoms with E-state index < -0.39 is 36.9 Å². The van der Waals surface area contributed by atoms with E-state index in [9.17, 15) is 26.3 Å². The van der Waals surface area contributed by atoms with Gasteiger partial charge in [-0.3, -0.25) is 0 Å². The number of ether oxygens (including phenoxy) is 1. The molecule has 0 spiro atoms. The lowest BCUT2D eigenvalue weighted by molar-refractivity contribution is -0.146. The van der Waals surface area contributed by atoms with Gasteiger partial charge < -0.3 is 19.0 Å². The summed E-state index contributed by atoms with van der Waals surface area (Å²) in [6.45, 7) is 1.77. The lowest BCUT2D eigenvalue weighted by atomic mass is 10.2. The molecule has 0 saturated heterocycles. The van der Waals surface area contributed by atoms with E-state index in [1.165, 1.54) is 25.3 Å². The quantitative estimate of drug-likeness (QED) is 0.157. The fraction of sp³-hybridized carbons (Fsp3) is 0.348. The number of halogens is 6. The van der Waals surface area contributed by atoms with Crippen LogP contribution in [-0.4, -0.2) is 53.8 Å². The molecule has 13 heteroatoms. The largest absolute Gasteiger partial charge is 0.487 e. The molecule has 194 valence electrons. The van der Waals surface area contributed by atoms with Crippen molar-refractivity contribution in [2.45, 2.75) is 25.8 Å². The predicted octanol–water partition coefficient (Wildman–Crippen LogP) is 5.77. The molecule has 3 rings (SSSR count). The highest BCUT2D eigenvalue weighted by molar-refractivity contribution is 5.88. The molecule has 0 N–H and O–H groups in total. The van der Waals surface area contributed by atoms with Crippen LogP contribution in [0.5, 0.6) is 5.75 Å². The number of alkyl halides is 6. The number of aromatic nitrogens is 2. The van der Waals surface area contributed by atoms with Gasteiger partial charge in [-0.15, -0.1) is 0 Å². The third-order valence-corrected chi connectivity index (χ3v) is 5.02. The summed E-state index contributed by atoms with van der Waals surface area (Å²) >= 11 is 0. The second-order valence-corrected chi connectivity index (χ2v) is 7.66. The molecular formula is C23H23F6N5O2. The highest BCUT2D eigenvalue weighted by Crippen LogP contribution is 2.33. The monoisotopic (exact) mass is 515 g/mol. The van der Waals surface area contributed by atoms with Crippen molar-refractivity contribution in [1.29, 1.82) is 0 Å². The Morgan fingerprint density at radius 2 is 1.83 bits per heavy atom. The van der Waals surface area contributed by atoms with Crippen LogP contribution in [0.25, 0.3) is 11.0 Å². The second kappa shape index (κ2) is 10.9. The molecule has 36 heavy (non-hydrogen) atoms. The smallest absolute Gasteiger partial charge is 0.449 e. The van der Waals surface area contributed by atoms with Gasteiger partial charge in [0, 0.05) is 13.6 Å². The lowest BCUT2D eigenvalue weighted by Gasteiger charge is -2.14. The lowest BCUT2D eigenvalue weighted by Crippen LogP contribution is -2.23. The molecular weight excluding hydrogens is 492 g/mol. The Balaban J connectivity index is 1.91. The van der Waals surface area contributed by atoms with Gasteiger partial charge in [0.2, 0.25) is 5.82 Å². The van der Waals surface area contributed by atoms with Crippen LogP contribution in [0.15, 0.2) is 52.6 Å². The summed E-state index contributed by atoms with van der Waals surface area (Å²) in [5.41, 5.74) is -0.292. The zero-order chi connectivity index (χ0) is 26.5. The van der Waals surface area contributed by atoms with Gasteiger partial charge in [0.1, 0.15) is 25.2 Å². The van der Waals surface area contributed by atoms with Crippen molar-refractivity contribution in [3.63, 3.8) is 0 Å². The van der Waals surface area contributed by atoms with E-state index >= 15 is 0 Å². The number of hydrogen-bond donors (Lipinski definition) is 0. The van der Waals surface area contributed by atoms with Crippen molar-refractivity contribution in [1.82, 2.24) is 14.5 Å². The van der Waals surface area contributed by atoms with Crippen molar-refractivity contribution in [3.8, 4) is 5.75 Å². The molecule has 1 heterocycles. The number of rotatable bonds is 9. The van der Waals surface area contributed by atoms with Crippen LogP contribution in [0.4, 0.5) is 32.0 Å². The third-order valence-electron chi connectivity index (χ3n) is 5.02. The number of oxime groups is 1. The van der Waals surface area contributed by atoms with Crippen LogP contribution in [0, 0.1) is 0 Å². The van der Waals surface area contributed by atoms with Crippen molar-refractivity contribution in [3.05, 3.63) is 53.9 Å². The fourth-order valence-corrected chi connectivity index (χ4v) is 3.16. The summed E-state index contributed by atoms with van der Waals surface area (Å²) in [4.78, 5) is 14.5. The minimum Gasteiger partial charge on any atom is -0.487 e. The number of fused-ring (bicyclic) bond motifs is 1. The Morgan fingerprint density at radius 3 is 2.47 bits per heavy atom. The minimum absolute atomic E-state index is 0.00798. The van der Waals surface area contributed by atoms with Gasteiger partial charge >= 0.3 is 12.4 Å². The van der Waals surface area contributed by atoms with Crippen LogP contribution in [0.1, 0.15) is 18.3 Å². The van der Waals surface area contributed by atoms with Gasteiger partial charge in [-0.2, -0.15) is 26.3 Å². The molecule has 1 aromatic heterocycles. The van der Waals surface area contributed by atoms with Crippen LogP contribution in [0.3, 0.4) is 0 Å². The van der Waals surface area contributed by atoms with Crippen LogP contribution < -0.4 is 4.74 Å². The van der Waals surface area contributed by atoms with Gasteiger partial charge in [0.25, 0.3) is 0 Å². The molecule has 0 amide bonds. The Hall–Kier alpha value is -3.77. The number of aliphatic imine (C=N–C) groups is 1. The van der Waals surface area contributed by atoms with Crippen molar-refractivity contribution >= 4 is 28.8 Å². The number of imidazole rings is 1. The first-order valence-electron chi connectivity index (χ1n) is 10.6. The zero-order valence-corrected chi connectivity index (χ0v) is 19.6. The summed E-state index contributed by atoms with van der Waals surface area (Å²) in [5.74, 6) is -1.30. The topological polar surface area (TPSA) is 64.2 Å². The van der Waals surface area contributed by atoms with Gasteiger partial charge in [-0.05, 0) is 43.3 Å². The van der Waals surface area contributed by atoms with E-state index in [2.05, 4.69) is 15.1 Å². The van der Waals surface area contributed by atoms with Crippen LogP contribution in [-0.2, 0) is 23.7 Å². The Kier molecular flexibility index (Phi) is 8.10. The molecule has 3 aromatic rings. The van der Waals surface area contributed by atoms with Gasteiger partial charge in [0.15, 0.2) is 0 Å². The van der Waals surface area contributed by atoms with Crippen molar-refractivity contribution in [2.75, 3.05) is 27.3 Å². The first kappa shape index (κ1) is 26.8. The Labute approximate surface area is 202 Å². The highest BCUT2D eigenvalue weighted by Gasteiger charge is 2.38. The van der Waals surface area contributed by atoms with Crippen molar-refractivity contribution < 1.29 is 35.9 Å². The maximum absolute atomic E-state index is 13.8. The predicted molar refractivity (Wildman–Crippen MR) is 123 cm³/mol. The highest BCUT2D eigenvalue weighted by atomic mass is 19.4. The number of hydrogen-bond acceptors (Lipinski definition) is 5. The van der Waals surface area contributed by atoms with E-state index in [1.807, 2.05) is 6.92 Å². The summed E-state index contributed by atoms with van der Waals surface area (Å²) in [6, 6.07) is 8.55. The standard InChI is InChI=1S/C23H23F6N5O2/c1-4-33(2)14-30-16-8-9-20-19(11-16)31-21(23(27,28)29)34(20)12-17(32-35-3)13-36-18-7-5-6-15(10-18)22(24,25)26/h5-11,14H,4,12-13H2,1-3H3. The van der Waals surface area contributed by atoms with Crippen LogP contribution >= 0.6 is 0 Å². The molecule has 0 atom stereocenters. The molecule has 0 bridgehead atoms. The van der Waals surface area contributed by atoms with E-state index in [1.54, 1.807) is 24.4 Å². The number of nitrogens with zero attached hydrogens (tertiary/aromatic N) is 5. The van der Waals surface area contributed by atoms with E-state index in [-0.39, 0.29) is 22.5 Å². The molecule has 0 aliphatic heterocycles. The second-order valence-electron chi connectivity index (χ2n) is 7.66. The first-order chi connectivity index (χ1) is 16.9. The molecule has 0 aliphatic carbocycles. The molecule has 0 aliphatic rings.